The van der Waals surface area contributed by atoms with Gasteiger partial charge in [-0.2, -0.15) is 0 Å². The molecule has 5 heteroatoms. The zero-order valence-corrected chi connectivity index (χ0v) is 21.7. The Morgan fingerprint density at radius 3 is 2.61 bits per heavy atom. The van der Waals surface area contributed by atoms with Gasteiger partial charge in [-0.25, -0.2) is 4.79 Å². The van der Waals surface area contributed by atoms with Crippen molar-refractivity contribution < 1.29 is 14.6 Å². The van der Waals surface area contributed by atoms with E-state index in [1.165, 1.54) is 27.4 Å². The summed E-state index contributed by atoms with van der Waals surface area (Å²) in [5.74, 6) is 0.233. The predicted octanol–water partition coefficient (Wildman–Crippen LogP) is 8.31. The Labute approximate surface area is 207 Å². The van der Waals surface area contributed by atoms with Crippen molar-refractivity contribution in [3.63, 3.8) is 0 Å². The van der Waals surface area contributed by atoms with Crippen molar-refractivity contribution in [2.45, 2.75) is 90.8 Å². The molecule has 180 valence electrons. The number of halogens is 1. The van der Waals surface area contributed by atoms with Gasteiger partial charge < -0.3 is 9.84 Å². The minimum Gasteiger partial charge on any atom is -0.459 e. The second kappa shape index (κ2) is 12.7. The molecule has 0 radical (unpaired) electrons. The van der Waals surface area contributed by atoms with E-state index in [-0.39, 0.29) is 18.2 Å². The highest BCUT2D eigenvalue weighted by Gasteiger charge is 2.26. The molecular weight excluding hydrogens is 452 g/mol. The maximum absolute atomic E-state index is 12.1. The number of unbranched alkanes of at least 4 members (excludes halogenated alkanes) is 2. The molecule has 1 aliphatic rings. The maximum Gasteiger partial charge on any atom is 0.348 e. The first-order valence-corrected chi connectivity index (χ1v) is 13.5. The fraction of sp³-hybridized carbons (Fsp3) is 0.536. The number of hydrogen-bond acceptors (Lipinski definition) is 4. The second-order valence-electron chi connectivity index (χ2n) is 9.30. The van der Waals surface area contributed by atoms with Crippen molar-refractivity contribution in [1.82, 2.24) is 0 Å². The Balaban J connectivity index is 1.55. The van der Waals surface area contributed by atoms with Gasteiger partial charge in [0.05, 0.1) is 12.2 Å². The summed E-state index contributed by atoms with van der Waals surface area (Å²) in [6, 6.07) is 12.3. The predicted molar refractivity (Wildman–Crippen MR) is 139 cm³/mol. The summed E-state index contributed by atoms with van der Waals surface area (Å²) >= 11 is 8.19. The van der Waals surface area contributed by atoms with E-state index in [0.717, 1.165) is 68.4 Å². The summed E-state index contributed by atoms with van der Waals surface area (Å²) < 4.78 is 5.29. The van der Waals surface area contributed by atoms with Crippen LogP contribution in [0, 0.1) is 5.92 Å². The number of aliphatic hydroxyl groups is 1. The minimum atomic E-state index is -0.386. The number of esters is 1. The van der Waals surface area contributed by atoms with Crippen LogP contribution in [0.15, 0.2) is 41.4 Å². The molecule has 0 bridgehead atoms. The van der Waals surface area contributed by atoms with E-state index in [1.54, 1.807) is 0 Å². The highest BCUT2D eigenvalue weighted by atomic mass is 35.5. The van der Waals surface area contributed by atoms with Gasteiger partial charge in [-0.15, -0.1) is 11.3 Å². The number of ether oxygens (including phenoxy) is 1. The highest BCUT2D eigenvalue weighted by molar-refractivity contribution is 7.13. The van der Waals surface area contributed by atoms with Crippen LogP contribution in [0.5, 0.6) is 0 Å². The van der Waals surface area contributed by atoms with Crippen molar-refractivity contribution in [3.05, 3.63) is 62.3 Å². The third-order valence-corrected chi connectivity index (χ3v) is 7.80. The third kappa shape index (κ3) is 7.43. The monoisotopic (exact) mass is 488 g/mol. The molecule has 33 heavy (non-hydrogen) atoms. The lowest BCUT2D eigenvalue weighted by Crippen LogP contribution is -2.09. The van der Waals surface area contributed by atoms with Crippen molar-refractivity contribution in [3.8, 4) is 0 Å². The van der Waals surface area contributed by atoms with Gasteiger partial charge in [0.15, 0.2) is 0 Å². The Bertz CT molecular complexity index is 929. The van der Waals surface area contributed by atoms with E-state index in [4.69, 9.17) is 16.3 Å². The molecule has 0 amide bonds. The van der Waals surface area contributed by atoms with Crippen LogP contribution in [0.25, 0.3) is 5.57 Å². The average Bonchev–Trinajstić information content (AvgIpc) is 3.40. The van der Waals surface area contributed by atoms with Gasteiger partial charge in [-0.1, -0.05) is 62.1 Å². The first-order chi connectivity index (χ1) is 15.9. The lowest BCUT2D eigenvalue weighted by atomic mass is 9.89. The zero-order chi connectivity index (χ0) is 23.8. The number of hydrogen-bond donors (Lipinski definition) is 1. The van der Waals surface area contributed by atoms with E-state index in [9.17, 15) is 9.90 Å². The number of carbonyl (C=O) groups is 1. The van der Waals surface area contributed by atoms with E-state index >= 15 is 0 Å². The lowest BCUT2D eigenvalue weighted by molar-refractivity contribution is 0.0384. The second-order valence-corrected chi connectivity index (χ2v) is 10.9. The molecule has 3 rings (SSSR count). The van der Waals surface area contributed by atoms with Crippen LogP contribution >= 0.6 is 22.9 Å². The molecule has 1 heterocycles. The molecule has 0 aliphatic heterocycles. The van der Waals surface area contributed by atoms with Crippen LogP contribution < -0.4 is 0 Å². The van der Waals surface area contributed by atoms with Crippen LogP contribution in [0.2, 0.25) is 0 Å². The Morgan fingerprint density at radius 2 is 1.91 bits per heavy atom. The zero-order valence-electron chi connectivity index (χ0n) is 20.1. The van der Waals surface area contributed by atoms with Gasteiger partial charge in [-0.05, 0) is 87.1 Å². The van der Waals surface area contributed by atoms with Crippen LogP contribution in [0.4, 0.5) is 0 Å². The molecule has 0 saturated carbocycles. The molecule has 3 nitrogen and oxygen atoms in total. The fourth-order valence-corrected chi connectivity index (χ4v) is 5.84. The molecule has 1 N–H and O–H groups in total. The molecular formula is C28H37ClO3S. The summed E-state index contributed by atoms with van der Waals surface area (Å²) in [5, 5.41) is 11.4. The van der Waals surface area contributed by atoms with Gasteiger partial charge in [0.2, 0.25) is 0 Å². The standard InChI is InChI=1S/C28H37ClO3S/c1-4-5-6-10-25(30)20-11-13-22(14-12-20)27-21(15-17-24(27)29)8-7-9-23-16-18-26(33-23)28(31)32-19(2)3/h11-14,16,18-19,21,25,30H,4-10,15,17H2,1-3H3/t21-,25?/m0/s1. The normalized spacial score (nSPS) is 17.1. The van der Waals surface area contributed by atoms with Gasteiger partial charge in [0, 0.05) is 9.91 Å². The van der Waals surface area contributed by atoms with E-state index in [0.29, 0.717) is 10.8 Å². The van der Waals surface area contributed by atoms with Gasteiger partial charge in [-0.3, -0.25) is 0 Å². The first-order valence-electron chi connectivity index (χ1n) is 12.4. The van der Waals surface area contributed by atoms with E-state index in [1.807, 2.05) is 26.0 Å². The summed E-state index contributed by atoms with van der Waals surface area (Å²) in [6.07, 6.45) is 8.85. The molecule has 1 aromatic carbocycles. The first kappa shape index (κ1) is 26.0. The Morgan fingerprint density at radius 1 is 1.15 bits per heavy atom. The van der Waals surface area contributed by atoms with Crippen LogP contribution in [-0.4, -0.2) is 17.2 Å². The molecule has 0 saturated heterocycles. The molecule has 2 aromatic rings. The molecule has 1 aliphatic carbocycles. The van der Waals surface area contributed by atoms with Gasteiger partial charge in [0.25, 0.3) is 0 Å². The summed E-state index contributed by atoms with van der Waals surface area (Å²) in [4.78, 5) is 14.0. The van der Waals surface area contributed by atoms with Gasteiger partial charge >= 0.3 is 5.97 Å². The van der Waals surface area contributed by atoms with Crippen molar-refractivity contribution in [2.24, 2.45) is 5.92 Å². The molecule has 1 aromatic heterocycles. The lowest BCUT2D eigenvalue weighted by Gasteiger charge is -2.17. The number of allylic oxidation sites excluding steroid dienone is 2. The summed E-state index contributed by atoms with van der Waals surface area (Å²) in [5.41, 5.74) is 3.45. The molecule has 0 spiro atoms. The number of aryl methyl sites for hydroxylation is 1. The van der Waals surface area contributed by atoms with Crippen LogP contribution in [-0.2, 0) is 11.2 Å². The quantitative estimate of drug-likeness (QED) is 0.241. The number of thiophene rings is 1. The van der Waals surface area contributed by atoms with Crippen molar-refractivity contribution >= 4 is 34.5 Å². The van der Waals surface area contributed by atoms with E-state index < -0.39 is 0 Å². The summed E-state index contributed by atoms with van der Waals surface area (Å²) in [7, 11) is 0. The van der Waals surface area contributed by atoms with Crippen molar-refractivity contribution in [2.75, 3.05) is 0 Å². The summed E-state index contributed by atoms with van der Waals surface area (Å²) in [6.45, 7) is 5.92. The number of carbonyl (C=O) groups excluding carboxylic acids is 1. The fourth-order valence-electron chi connectivity index (χ4n) is 4.54. The minimum absolute atomic E-state index is 0.0984. The highest BCUT2D eigenvalue weighted by Crippen LogP contribution is 2.43. The van der Waals surface area contributed by atoms with Crippen LogP contribution in [0.3, 0.4) is 0 Å². The van der Waals surface area contributed by atoms with Gasteiger partial charge in [0.1, 0.15) is 4.88 Å². The SMILES string of the molecule is CCCCCC(O)c1ccc(C2=C(Cl)CC[C@@H]2CCCc2ccc(C(=O)OC(C)C)s2)cc1. The Hall–Kier alpha value is -1.62. The molecule has 2 atom stereocenters. The van der Waals surface area contributed by atoms with Crippen molar-refractivity contribution in [1.29, 1.82) is 0 Å². The van der Waals surface area contributed by atoms with E-state index in [2.05, 4.69) is 31.2 Å². The molecule has 0 fully saturated rings. The smallest absolute Gasteiger partial charge is 0.348 e. The Kier molecular flexibility index (Phi) is 10.0. The largest absolute Gasteiger partial charge is 0.459 e. The third-order valence-electron chi connectivity index (χ3n) is 6.28. The number of benzene rings is 1. The molecule has 1 unspecified atom stereocenters. The van der Waals surface area contributed by atoms with Crippen LogP contribution in [0.1, 0.15) is 104 Å². The number of rotatable bonds is 12. The average molecular weight is 489 g/mol. The number of aliphatic hydroxyl groups excluding tert-OH is 1. The maximum atomic E-state index is 12.1. The topological polar surface area (TPSA) is 46.5 Å².